The van der Waals surface area contributed by atoms with Crippen LogP contribution < -0.4 is 5.19 Å². The van der Waals surface area contributed by atoms with Crippen LogP contribution in [0.4, 0.5) is 0 Å². The molecule has 38 heavy (non-hydrogen) atoms. The maximum absolute atomic E-state index is 7.79. The third-order valence-corrected chi connectivity index (χ3v) is 8.82. The van der Waals surface area contributed by atoms with E-state index in [4.69, 9.17) is 5.73 Å². The van der Waals surface area contributed by atoms with Gasteiger partial charge >= 0.3 is 21.7 Å². The van der Waals surface area contributed by atoms with Crippen LogP contribution in [0.15, 0.2) is 108 Å². The minimum Gasteiger partial charge on any atom is -0.672 e. The topological polar surface area (TPSA) is 23.8 Å². The zero-order valence-corrected chi connectivity index (χ0v) is 26.8. The van der Waals surface area contributed by atoms with E-state index in [-0.39, 0.29) is 34.7 Å². The Balaban J connectivity index is 0.000000178. The Morgan fingerprint density at radius 1 is 0.711 bits per heavy atom. The Morgan fingerprint density at radius 3 is 1.26 bits per heavy atom. The van der Waals surface area contributed by atoms with Crippen LogP contribution in [0.5, 0.6) is 0 Å². The Labute approximate surface area is 250 Å². The van der Waals surface area contributed by atoms with Gasteiger partial charge < -0.3 is 13.2 Å². The van der Waals surface area contributed by atoms with E-state index >= 15 is 0 Å². The summed E-state index contributed by atoms with van der Waals surface area (Å²) in [6.07, 6.45) is 7.12. The molecule has 0 saturated heterocycles. The van der Waals surface area contributed by atoms with Crippen molar-refractivity contribution in [2.45, 2.75) is 52.5 Å². The molecule has 0 aromatic heterocycles. The van der Waals surface area contributed by atoms with Gasteiger partial charge in [0.25, 0.3) is 0 Å². The molecule has 3 aromatic carbocycles. The molecule has 8 rings (SSSR count). The molecule has 3 heteroatoms. The molecule has 1 nitrogen and oxygen atoms in total. The maximum Gasteiger partial charge on any atom is 3.00 e. The second kappa shape index (κ2) is 14.4. The second-order valence-corrected chi connectivity index (χ2v) is 11.7. The molecule has 4 saturated carbocycles. The van der Waals surface area contributed by atoms with E-state index in [2.05, 4.69) is 94.4 Å². The second-order valence-electron chi connectivity index (χ2n) is 10.9. The van der Waals surface area contributed by atoms with Crippen molar-refractivity contribution in [3.63, 3.8) is 0 Å². The van der Waals surface area contributed by atoms with Gasteiger partial charge in [-0.3, -0.25) is 6.08 Å². The summed E-state index contributed by atoms with van der Waals surface area (Å²) in [6.45, 7) is 8.67. The molecule has 1 N–H and O–H groups in total. The predicted octanol–water partition coefficient (Wildman–Crippen LogP) is 8.31. The molecule has 5 aliphatic carbocycles. The van der Waals surface area contributed by atoms with Gasteiger partial charge in [0.2, 0.25) is 0 Å². The largest absolute Gasteiger partial charge is 3.00 e. The van der Waals surface area contributed by atoms with E-state index in [0.29, 0.717) is 5.92 Å². The van der Waals surface area contributed by atoms with Crippen molar-refractivity contribution in [2.75, 3.05) is 0 Å². The summed E-state index contributed by atoms with van der Waals surface area (Å²) in [6, 6.07) is 31.1. The first kappa shape index (κ1) is 32.2. The molecular weight excluding hydrogens is 510 g/mol. The van der Waals surface area contributed by atoms with Crippen molar-refractivity contribution in [1.29, 1.82) is 0 Å². The van der Waals surface area contributed by atoms with Gasteiger partial charge in [0.05, 0.1) is 0 Å². The summed E-state index contributed by atoms with van der Waals surface area (Å²) in [5, 5.41) is 1.35. The molecule has 1 atom stereocenters. The molecule has 2 radical (unpaired) electrons. The van der Waals surface area contributed by atoms with E-state index in [1.807, 2.05) is 40.6 Å². The molecule has 0 spiro atoms. The molecule has 4 fully saturated rings. The standard InChI is InChI=1S/C12H10.C9H13.C7H10N.C6H7Si.CH3.Ti/c1-3-7-11(8-4-1)12-9-5-2-6-10-12;1-6-5-7(2)9(4)8(6)3;8-7-1-4-5(2-7)6(4)3-7;7-6-4-2-1-3-5-6;;/h1-10H;6H,1-4H3;4-6,8H,1-3H2;1-5H,7H2;1H3;/q;2*-1;;-1;+3. The van der Waals surface area contributed by atoms with Gasteiger partial charge in [0.1, 0.15) is 0 Å². The fourth-order valence-corrected chi connectivity index (χ4v) is 6.21. The summed E-state index contributed by atoms with van der Waals surface area (Å²) >= 11 is 0. The number of hydrogen-bond acceptors (Lipinski definition) is 0. The summed E-state index contributed by atoms with van der Waals surface area (Å²) in [4.78, 5) is 0. The predicted molar refractivity (Wildman–Crippen MR) is 164 cm³/mol. The van der Waals surface area contributed by atoms with E-state index in [0.717, 1.165) is 17.8 Å². The van der Waals surface area contributed by atoms with Gasteiger partial charge in [-0.15, -0.1) is 12.5 Å². The molecule has 4 bridgehead atoms. The smallest absolute Gasteiger partial charge is 0.672 e. The summed E-state index contributed by atoms with van der Waals surface area (Å²) < 4.78 is 0. The van der Waals surface area contributed by atoms with Crippen molar-refractivity contribution < 1.29 is 21.7 Å². The maximum atomic E-state index is 7.79. The number of hydrogen-bond donors (Lipinski definition) is 0. The molecule has 3 aromatic rings. The third-order valence-electron chi connectivity index (χ3n) is 8.35. The van der Waals surface area contributed by atoms with Crippen molar-refractivity contribution in [3.8, 4) is 11.1 Å². The first-order valence-corrected chi connectivity index (χ1v) is 14.0. The van der Waals surface area contributed by atoms with Crippen molar-refractivity contribution >= 4 is 15.4 Å². The zero-order chi connectivity index (χ0) is 25.7. The third kappa shape index (κ3) is 8.26. The number of allylic oxidation sites excluding steroid dienone is 4. The van der Waals surface area contributed by atoms with Crippen LogP contribution >= 0.6 is 0 Å². The molecular formula is C35H43NSiTi. The summed E-state index contributed by atoms with van der Waals surface area (Å²) in [7, 11) is 1.90. The Kier molecular flexibility index (Phi) is 12.2. The first-order chi connectivity index (χ1) is 17.3. The molecule has 0 heterocycles. The van der Waals surface area contributed by atoms with E-state index in [9.17, 15) is 0 Å². The van der Waals surface area contributed by atoms with Gasteiger partial charge in [0, 0.05) is 10.2 Å². The molecule has 5 aliphatic rings. The average molecular weight is 554 g/mol. The van der Waals surface area contributed by atoms with Crippen molar-refractivity contribution in [1.82, 2.24) is 0 Å². The normalized spacial score (nSPS) is 26.6. The van der Waals surface area contributed by atoms with Crippen LogP contribution in [0.3, 0.4) is 0 Å². The van der Waals surface area contributed by atoms with Crippen LogP contribution in [-0.4, -0.2) is 15.8 Å². The van der Waals surface area contributed by atoms with E-state index < -0.39 is 0 Å². The first-order valence-electron chi connectivity index (χ1n) is 13.3. The van der Waals surface area contributed by atoms with Crippen LogP contribution in [0.1, 0.15) is 47.0 Å². The van der Waals surface area contributed by atoms with Gasteiger partial charge in [-0.25, -0.2) is 5.57 Å². The van der Waals surface area contributed by atoms with Gasteiger partial charge in [-0.1, -0.05) is 142 Å². The Bertz CT molecular complexity index is 1120. The van der Waals surface area contributed by atoms with Gasteiger partial charge in [-0.05, 0) is 28.9 Å². The van der Waals surface area contributed by atoms with E-state index in [1.54, 1.807) is 0 Å². The number of nitrogens with one attached hydrogen (secondary N) is 1. The quantitative estimate of drug-likeness (QED) is 0.214. The van der Waals surface area contributed by atoms with Gasteiger partial charge in [0.15, 0.2) is 0 Å². The van der Waals surface area contributed by atoms with Crippen LogP contribution in [0, 0.1) is 37.2 Å². The molecule has 0 amide bonds. The minimum absolute atomic E-state index is 0. The number of benzene rings is 3. The molecule has 196 valence electrons. The van der Waals surface area contributed by atoms with Crippen LogP contribution in [0.2, 0.25) is 0 Å². The molecule has 0 aliphatic heterocycles. The van der Waals surface area contributed by atoms with Crippen LogP contribution in [-0.2, 0) is 21.7 Å². The van der Waals surface area contributed by atoms with Crippen molar-refractivity contribution in [2.24, 2.45) is 23.7 Å². The summed E-state index contributed by atoms with van der Waals surface area (Å²) in [5.74, 6) is 3.66. The van der Waals surface area contributed by atoms with Crippen molar-refractivity contribution in [3.05, 3.63) is 127 Å². The zero-order valence-electron chi connectivity index (χ0n) is 23.8. The SMILES string of the molecule is CC1=[C-]C(C)C(C)=C1C.[CH3-].[NH-]C12CC3C(C1)C3C2.[SiH2]c1ccccc1.[Ti+3].c1ccc(-c2ccccc2)cc1. The Hall–Kier alpha value is -1.97. The monoisotopic (exact) mass is 553 g/mol. The average Bonchev–Trinajstić information content (AvgIpc) is 3.27. The molecule has 1 unspecified atom stereocenters. The summed E-state index contributed by atoms with van der Waals surface area (Å²) in [5.41, 5.74) is 14.7. The fourth-order valence-electron chi connectivity index (χ4n) is 5.94. The Morgan fingerprint density at radius 2 is 1.08 bits per heavy atom. The van der Waals surface area contributed by atoms with Crippen LogP contribution in [0.25, 0.3) is 16.9 Å². The fraction of sp³-hybridized carbons (Fsp3) is 0.343. The van der Waals surface area contributed by atoms with Gasteiger partial charge in [-0.2, -0.15) is 11.1 Å². The minimum atomic E-state index is 0. The van der Waals surface area contributed by atoms with E-state index in [1.165, 1.54) is 52.3 Å². The number of rotatable bonds is 1.